The van der Waals surface area contributed by atoms with Gasteiger partial charge in [0.2, 0.25) is 5.91 Å². The van der Waals surface area contributed by atoms with Crippen molar-refractivity contribution in [1.82, 2.24) is 14.8 Å². The van der Waals surface area contributed by atoms with Crippen LogP contribution in [0.25, 0.3) is 11.6 Å². The van der Waals surface area contributed by atoms with E-state index in [1.165, 1.54) is 11.8 Å². The van der Waals surface area contributed by atoms with Gasteiger partial charge in [-0.05, 0) is 38.1 Å². The molecule has 0 aliphatic heterocycles. The highest BCUT2D eigenvalue weighted by Crippen LogP contribution is 2.31. The fourth-order valence-corrected chi connectivity index (χ4v) is 3.56. The minimum atomic E-state index is -0.413. The second-order valence-electron chi connectivity index (χ2n) is 5.38. The smallest absolute Gasteiger partial charge is 0.237 e. The van der Waals surface area contributed by atoms with Gasteiger partial charge in [0.05, 0.1) is 27.2 Å². The molecule has 26 heavy (non-hydrogen) atoms. The summed E-state index contributed by atoms with van der Waals surface area (Å²) >= 11 is 13.4. The molecular formula is C17H16Cl2N4O2S. The predicted octanol–water partition coefficient (Wildman–Crippen LogP) is 4.98. The van der Waals surface area contributed by atoms with Crippen LogP contribution in [0.4, 0.5) is 5.69 Å². The number of carbonyl (C=O) groups is 1. The highest BCUT2D eigenvalue weighted by Gasteiger charge is 2.22. The Morgan fingerprint density at radius 3 is 2.81 bits per heavy atom. The second-order valence-corrected chi connectivity index (χ2v) is 7.47. The monoisotopic (exact) mass is 410 g/mol. The molecule has 3 aromatic rings. The fourth-order valence-electron chi connectivity index (χ4n) is 2.30. The number of furan rings is 1. The highest BCUT2D eigenvalue weighted by molar-refractivity contribution is 8.00. The SMILES string of the molecule is CCn1c(SC(C)C(=O)Nc2cccc(Cl)c2Cl)nnc1-c1ccco1. The molecule has 0 saturated heterocycles. The first-order chi connectivity index (χ1) is 12.5. The van der Waals surface area contributed by atoms with Crippen molar-refractivity contribution in [3.8, 4) is 11.6 Å². The molecule has 2 heterocycles. The number of aromatic nitrogens is 3. The Kier molecular flexibility index (Phi) is 5.90. The normalized spacial score (nSPS) is 12.2. The molecule has 1 amide bonds. The van der Waals surface area contributed by atoms with Gasteiger partial charge in [-0.2, -0.15) is 0 Å². The molecule has 0 saturated carbocycles. The van der Waals surface area contributed by atoms with Crippen molar-refractivity contribution in [2.24, 2.45) is 0 Å². The van der Waals surface area contributed by atoms with Gasteiger partial charge in [0, 0.05) is 6.54 Å². The number of nitrogens with one attached hydrogen (secondary N) is 1. The lowest BCUT2D eigenvalue weighted by molar-refractivity contribution is -0.115. The molecule has 1 atom stereocenters. The summed E-state index contributed by atoms with van der Waals surface area (Å²) in [7, 11) is 0. The molecule has 0 aliphatic carbocycles. The van der Waals surface area contributed by atoms with Gasteiger partial charge in [0.15, 0.2) is 16.7 Å². The second kappa shape index (κ2) is 8.16. The molecule has 136 valence electrons. The van der Waals surface area contributed by atoms with Crippen molar-refractivity contribution in [3.63, 3.8) is 0 Å². The zero-order valence-electron chi connectivity index (χ0n) is 14.1. The van der Waals surface area contributed by atoms with E-state index >= 15 is 0 Å². The summed E-state index contributed by atoms with van der Waals surface area (Å²) in [6.45, 7) is 4.43. The number of anilines is 1. The van der Waals surface area contributed by atoms with Crippen LogP contribution in [0.1, 0.15) is 13.8 Å². The summed E-state index contributed by atoms with van der Waals surface area (Å²) in [5.74, 6) is 1.06. The highest BCUT2D eigenvalue weighted by atomic mass is 35.5. The molecule has 2 aromatic heterocycles. The van der Waals surface area contributed by atoms with Crippen molar-refractivity contribution in [2.45, 2.75) is 30.8 Å². The van der Waals surface area contributed by atoms with Crippen LogP contribution in [-0.4, -0.2) is 25.9 Å². The van der Waals surface area contributed by atoms with Gasteiger partial charge in [0.1, 0.15) is 0 Å². The van der Waals surface area contributed by atoms with E-state index in [2.05, 4.69) is 15.5 Å². The topological polar surface area (TPSA) is 73.0 Å². The summed E-state index contributed by atoms with van der Waals surface area (Å²) in [4.78, 5) is 12.5. The van der Waals surface area contributed by atoms with Crippen molar-refractivity contribution < 1.29 is 9.21 Å². The van der Waals surface area contributed by atoms with Crippen LogP contribution in [0.3, 0.4) is 0 Å². The molecule has 1 aromatic carbocycles. The Balaban J connectivity index is 1.74. The molecule has 1 unspecified atom stereocenters. The molecule has 1 N–H and O–H groups in total. The summed E-state index contributed by atoms with van der Waals surface area (Å²) in [5.41, 5.74) is 0.477. The van der Waals surface area contributed by atoms with Gasteiger partial charge in [-0.1, -0.05) is 41.0 Å². The van der Waals surface area contributed by atoms with E-state index in [-0.39, 0.29) is 5.91 Å². The fraction of sp³-hybridized carbons (Fsp3) is 0.235. The number of thioether (sulfide) groups is 1. The van der Waals surface area contributed by atoms with Crippen molar-refractivity contribution in [3.05, 3.63) is 46.6 Å². The molecule has 3 rings (SSSR count). The number of hydrogen-bond donors (Lipinski definition) is 1. The maximum Gasteiger partial charge on any atom is 0.237 e. The lowest BCUT2D eigenvalue weighted by atomic mass is 10.3. The third-order valence-corrected chi connectivity index (χ3v) is 5.53. The number of carbonyl (C=O) groups excluding carboxylic acids is 1. The van der Waals surface area contributed by atoms with Gasteiger partial charge in [-0.3, -0.25) is 9.36 Å². The number of rotatable bonds is 6. The van der Waals surface area contributed by atoms with Crippen LogP contribution in [0.15, 0.2) is 46.2 Å². The summed E-state index contributed by atoms with van der Waals surface area (Å²) in [5, 5.41) is 12.1. The van der Waals surface area contributed by atoms with Crippen LogP contribution < -0.4 is 5.32 Å². The molecule has 0 spiro atoms. The number of nitrogens with zero attached hydrogens (tertiary/aromatic N) is 3. The number of amides is 1. The third kappa shape index (κ3) is 3.90. The van der Waals surface area contributed by atoms with Gasteiger partial charge < -0.3 is 9.73 Å². The average molecular weight is 411 g/mol. The van der Waals surface area contributed by atoms with Crippen molar-refractivity contribution >= 4 is 46.6 Å². The maximum atomic E-state index is 12.5. The number of benzene rings is 1. The van der Waals surface area contributed by atoms with E-state index in [0.717, 1.165) is 0 Å². The first-order valence-electron chi connectivity index (χ1n) is 7.89. The molecular weight excluding hydrogens is 395 g/mol. The average Bonchev–Trinajstić information content (AvgIpc) is 3.28. The zero-order chi connectivity index (χ0) is 18.7. The molecule has 0 aliphatic rings. The van der Waals surface area contributed by atoms with Gasteiger partial charge in [-0.25, -0.2) is 0 Å². The standard InChI is InChI=1S/C17H16Cl2N4O2S/c1-3-23-15(13-8-5-9-25-13)21-22-17(23)26-10(2)16(24)20-12-7-4-6-11(18)14(12)19/h4-10H,3H2,1-2H3,(H,20,24). The van der Waals surface area contributed by atoms with Gasteiger partial charge in [0.25, 0.3) is 0 Å². The van der Waals surface area contributed by atoms with Crippen LogP contribution in [0.5, 0.6) is 0 Å². The van der Waals surface area contributed by atoms with E-state index in [1.54, 1.807) is 37.5 Å². The number of halogens is 2. The summed E-state index contributed by atoms with van der Waals surface area (Å²) < 4.78 is 7.29. The Morgan fingerprint density at radius 1 is 1.31 bits per heavy atom. The third-order valence-electron chi connectivity index (χ3n) is 3.64. The van der Waals surface area contributed by atoms with Gasteiger partial charge >= 0.3 is 0 Å². The molecule has 9 heteroatoms. The van der Waals surface area contributed by atoms with Crippen molar-refractivity contribution in [1.29, 1.82) is 0 Å². The van der Waals surface area contributed by atoms with Crippen LogP contribution in [0.2, 0.25) is 10.0 Å². The Bertz CT molecular complexity index is 912. The van der Waals surface area contributed by atoms with Crippen LogP contribution in [0, 0.1) is 0 Å². The Morgan fingerprint density at radius 2 is 2.12 bits per heavy atom. The minimum Gasteiger partial charge on any atom is -0.461 e. The molecule has 0 fully saturated rings. The quantitative estimate of drug-likeness (QED) is 0.579. The molecule has 0 bridgehead atoms. The molecule has 0 radical (unpaired) electrons. The van der Waals surface area contributed by atoms with E-state index in [0.29, 0.717) is 39.0 Å². The lowest BCUT2D eigenvalue weighted by Gasteiger charge is -2.13. The van der Waals surface area contributed by atoms with Gasteiger partial charge in [-0.15, -0.1) is 10.2 Å². The van der Waals surface area contributed by atoms with Crippen LogP contribution >= 0.6 is 35.0 Å². The Hall–Kier alpha value is -1.96. The number of hydrogen-bond acceptors (Lipinski definition) is 5. The lowest BCUT2D eigenvalue weighted by Crippen LogP contribution is -2.23. The minimum absolute atomic E-state index is 0.204. The maximum absolute atomic E-state index is 12.5. The Labute approximate surface area is 164 Å². The van der Waals surface area contributed by atoms with Crippen LogP contribution in [-0.2, 0) is 11.3 Å². The van der Waals surface area contributed by atoms with E-state index in [1.807, 2.05) is 17.6 Å². The first-order valence-corrected chi connectivity index (χ1v) is 9.53. The summed E-state index contributed by atoms with van der Waals surface area (Å²) in [6.07, 6.45) is 1.58. The van der Waals surface area contributed by atoms with E-state index in [4.69, 9.17) is 27.6 Å². The summed E-state index contributed by atoms with van der Waals surface area (Å²) in [6, 6.07) is 8.71. The first kappa shape index (κ1) is 18.8. The molecule has 6 nitrogen and oxygen atoms in total. The predicted molar refractivity (Wildman–Crippen MR) is 104 cm³/mol. The largest absolute Gasteiger partial charge is 0.461 e. The van der Waals surface area contributed by atoms with E-state index < -0.39 is 5.25 Å². The van der Waals surface area contributed by atoms with Crippen molar-refractivity contribution in [2.75, 3.05) is 5.32 Å². The van der Waals surface area contributed by atoms with E-state index in [9.17, 15) is 4.79 Å². The zero-order valence-corrected chi connectivity index (χ0v) is 16.4.